The standard InChI is InChI=1S/C15H12N4/c1-2-4-11-9-18-12(7-10(11)3-1)13-8-14-15(19-13)17-6-5-16-14/h1-7,9,13H,8H2,(H,17,19). The molecule has 4 heteroatoms. The summed E-state index contributed by atoms with van der Waals surface area (Å²) in [5.41, 5.74) is 2.06. The van der Waals surface area contributed by atoms with Crippen LogP contribution in [0.3, 0.4) is 0 Å². The van der Waals surface area contributed by atoms with Crippen LogP contribution < -0.4 is 5.32 Å². The van der Waals surface area contributed by atoms with Crippen molar-refractivity contribution in [3.63, 3.8) is 0 Å². The van der Waals surface area contributed by atoms with Crippen LogP contribution in [0.2, 0.25) is 0 Å². The van der Waals surface area contributed by atoms with Crippen molar-refractivity contribution in [1.29, 1.82) is 0 Å². The Morgan fingerprint density at radius 1 is 1.00 bits per heavy atom. The van der Waals surface area contributed by atoms with Crippen LogP contribution in [0.1, 0.15) is 17.4 Å². The number of nitrogens with zero attached hydrogens (tertiary/aromatic N) is 3. The van der Waals surface area contributed by atoms with E-state index in [0.717, 1.165) is 29.0 Å². The highest BCUT2D eigenvalue weighted by Gasteiger charge is 2.24. The SMILES string of the molecule is c1ccc2cc(C3Cc4nccnc4N3)ncc2c1. The summed E-state index contributed by atoms with van der Waals surface area (Å²) in [5, 5.41) is 5.76. The minimum Gasteiger partial charge on any atom is -0.360 e. The van der Waals surface area contributed by atoms with Crippen molar-refractivity contribution in [1.82, 2.24) is 15.0 Å². The highest BCUT2D eigenvalue weighted by Crippen LogP contribution is 2.30. The lowest BCUT2D eigenvalue weighted by atomic mass is 10.1. The summed E-state index contributed by atoms with van der Waals surface area (Å²) in [5.74, 6) is 0.877. The van der Waals surface area contributed by atoms with Crippen molar-refractivity contribution in [3.8, 4) is 0 Å². The van der Waals surface area contributed by atoms with Crippen LogP contribution in [-0.2, 0) is 6.42 Å². The number of hydrogen-bond acceptors (Lipinski definition) is 4. The van der Waals surface area contributed by atoms with Gasteiger partial charge in [0.15, 0.2) is 0 Å². The van der Waals surface area contributed by atoms with E-state index in [1.807, 2.05) is 18.3 Å². The van der Waals surface area contributed by atoms with Gasteiger partial charge in [0.05, 0.1) is 17.4 Å². The van der Waals surface area contributed by atoms with Crippen LogP contribution in [0, 0.1) is 0 Å². The smallest absolute Gasteiger partial charge is 0.148 e. The molecular formula is C15H12N4. The van der Waals surface area contributed by atoms with E-state index < -0.39 is 0 Å². The zero-order chi connectivity index (χ0) is 12.7. The van der Waals surface area contributed by atoms with Gasteiger partial charge in [-0.2, -0.15) is 0 Å². The molecule has 0 saturated carbocycles. The Hall–Kier alpha value is -2.49. The Bertz CT molecular complexity index is 729. The molecule has 0 spiro atoms. The third-order valence-corrected chi connectivity index (χ3v) is 3.49. The van der Waals surface area contributed by atoms with E-state index in [1.165, 1.54) is 5.39 Å². The Morgan fingerprint density at radius 3 is 2.74 bits per heavy atom. The van der Waals surface area contributed by atoms with Gasteiger partial charge < -0.3 is 5.32 Å². The summed E-state index contributed by atoms with van der Waals surface area (Å²) >= 11 is 0. The first-order valence-electron chi connectivity index (χ1n) is 6.31. The molecule has 1 atom stereocenters. The van der Waals surface area contributed by atoms with Crippen LogP contribution in [0.4, 0.5) is 5.82 Å². The van der Waals surface area contributed by atoms with Gasteiger partial charge in [-0.1, -0.05) is 24.3 Å². The van der Waals surface area contributed by atoms with E-state index in [4.69, 9.17) is 0 Å². The highest BCUT2D eigenvalue weighted by atomic mass is 15.1. The molecule has 0 saturated heterocycles. The number of pyridine rings is 1. The Labute approximate surface area is 110 Å². The number of hydrogen-bond donors (Lipinski definition) is 1. The molecule has 3 aromatic rings. The predicted octanol–water partition coefficient (Wildman–Crippen LogP) is 2.73. The largest absolute Gasteiger partial charge is 0.360 e. The van der Waals surface area contributed by atoms with Crippen LogP contribution in [0.5, 0.6) is 0 Å². The van der Waals surface area contributed by atoms with Crippen molar-refractivity contribution in [2.24, 2.45) is 0 Å². The lowest BCUT2D eigenvalue weighted by Gasteiger charge is -2.10. The van der Waals surface area contributed by atoms with Gasteiger partial charge in [-0.25, -0.2) is 4.98 Å². The number of rotatable bonds is 1. The molecule has 1 unspecified atom stereocenters. The number of nitrogens with one attached hydrogen (secondary N) is 1. The van der Waals surface area contributed by atoms with E-state index in [-0.39, 0.29) is 6.04 Å². The van der Waals surface area contributed by atoms with Gasteiger partial charge in [-0.05, 0) is 11.5 Å². The second-order valence-electron chi connectivity index (χ2n) is 4.71. The fourth-order valence-electron chi connectivity index (χ4n) is 2.52. The Kier molecular flexibility index (Phi) is 2.21. The maximum Gasteiger partial charge on any atom is 0.148 e. The van der Waals surface area contributed by atoms with E-state index in [2.05, 4.69) is 38.5 Å². The highest BCUT2D eigenvalue weighted by molar-refractivity contribution is 5.82. The van der Waals surface area contributed by atoms with Gasteiger partial charge in [0, 0.05) is 30.4 Å². The molecular weight excluding hydrogens is 236 g/mol. The summed E-state index contributed by atoms with van der Waals surface area (Å²) in [6.45, 7) is 0. The first kappa shape index (κ1) is 10.4. The van der Waals surface area contributed by atoms with Crippen LogP contribution in [-0.4, -0.2) is 15.0 Å². The number of aromatic nitrogens is 3. The summed E-state index contributed by atoms with van der Waals surface area (Å²) in [6.07, 6.45) is 6.21. The van der Waals surface area contributed by atoms with E-state index in [0.29, 0.717) is 0 Å². The zero-order valence-corrected chi connectivity index (χ0v) is 10.2. The summed E-state index contributed by atoms with van der Waals surface area (Å²) < 4.78 is 0. The molecule has 4 nitrogen and oxygen atoms in total. The maximum atomic E-state index is 4.55. The normalized spacial score (nSPS) is 17.2. The molecule has 0 bridgehead atoms. The zero-order valence-electron chi connectivity index (χ0n) is 10.2. The summed E-state index contributed by atoms with van der Waals surface area (Å²) in [7, 11) is 0. The number of fused-ring (bicyclic) bond motifs is 2. The van der Waals surface area contributed by atoms with Gasteiger partial charge in [0.25, 0.3) is 0 Å². The molecule has 1 aromatic carbocycles. The lowest BCUT2D eigenvalue weighted by molar-refractivity contribution is 0.779. The third kappa shape index (κ3) is 1.73. The summed E-state index contributed by atoms with van der Waals surface area (Å²) in [4.78, 5) is 13.2. The minimum atomic E-state index is 0.169. The van der Waals surface area contributed by atoms with Crippen LogP contribution in [0.15, 0.2) is 48.9 Å². The van der Waals surface area contributed by atoms with Gasteiger partial charge in [0.1, 0.15) is 5.82 Å². The topological polar surface area (TPSA) is 50.7 Å². The van der Waals surface area contributed by atoms with Gasteiger partial charge >= 0.3 is 0 Å². The molecule has 0 radical (unpaired) electrons. The minimum absolute atomic E-state index is 0.169. The van der Waals surface area contributed by atoms with Crippen molar-refractivity contribution in [2.75, 3.05) is 5.32 Å². The molecule has 0 fully saturated rings. The quantitative estimate of drug-likeness (QED) is 0.719. The molecule has 1 aliphatic rings. The Balaban J connectivity index is 1.73. The van der Waals surface area contributed by atoms with Crippen molar-refractivity contribution in [2.45, 2.75) is 12.5 Å². The van der Waals surface area contributed by atoms with E-state index >= 15 is 0 Å². The van der Waals surface area contributed by atoms with Crippen LogP contribution in [0.25, 0.3) is 10.8 Å². The lowest BCUT2D eigenvalue weighted by Crippen LogP contribution is -2.08. The predicted molar refractivity (Wildman–Crippen MR) is 73.8 cm³/mol. The molecule has 0 amide bonds. The molecule has 19 heavy (non-hydrogen) atoms. The fourth-order valence-corrected chi connectivity index (χ4v) is 2.52. The van der Waals surface area contributed by atoms with Crippen molar-refractivity contribution >= 4 is 16.6 Å². The molecule has 2 aromatic heterocycles. The van der Waals surface area contributed by atoms with Crippen molar-refractivity contribution in [3.05, 3.63) is 60.3 Å². The van der Waals surface area contributed by atoms with Crippen LogP contribution >= 0.6 is 0 Å². The Morgan fingerprint density at radius 2 is 1.84 bits per heavy atom. The van der Waals surface area contributed by atoms with E-state index in [1.54, 1.807) is 12.4 Å². The molecule has 3 heterocycles. The first-order chi connectivity index (χ1) is 9.40. The average molecular weight is 248 g/mol. The fraction of sp³-hybridized carbons (Fsp3) is 0.133. The van der Waals surface area contributed by atoms with Crippen molar-refractivity contribution < 1.29 is 0 Å². The van der Waals surface area contributed by atoms with Gasteiger partial charge in [-0.3, -0.25) is 9.97 Å². The van der Waals surface area contributed by atoms with E-state index in [9.17, 15) is 0 Å². The first-order valence-corrected chi connectivity index (χ1v) is 6.31. The number of anilines is 1. The number of benzene rings is 1. The maximum absolute atomic E-state index is 4.55. The van der Waals surface area contributed by atoms with Gasteiger partial charge in [-0.15, -0.1) is 0 Å². The molecule has 1 N–H and O–H groups in total. The molecule has 92 valence electrons. The van der Waals surface area contributed by atoms with Gasteiger partial charge in [0.2, 0.25) is 0 Å². The molecule has 1 aliphatic heterocycles. The average Bonchev–Trinajstić information content (AvgIpc) is 2.90. The second kappa shape index (κ2) is 4.02. The monoisotopic (exact) mass is 248 g/mol. The second-order valence-corrected chi connectivity index (χ2v) is 4.71. The molecule has 0 aliphatic carbocycles. The summed E-state index contributed by atoms with van der Waals surface area (Å²) in [6, 6.07) is 10.6. The third-order valence-electron chi connectivity index (χ3n) is 3.49. The molecule has 4 rings (SSSR count).